The Morgan fingerprint density at radius 1 is 1.29 bits per heavy atom. The van der Waals surface area contributed by atoms with E-state index in [-0.39, 0.29) is 0 Å². The van der Waals surface area contributed by atoms with Crippen molar-refractivity contribution in [3.05, 3.63) is 52.4 Å². The Kier molecular flexibility index (Phi) is 2.94. The number of hydrogen-bond donors (Lipinski definition) is 1. The topological polar surface area (TPSA) is 31.9 Å². The van der Waals surface area contributed by atoms with Crippen molar-refractivity contribution in [2.75, 3.05) is 14.1 Å². The van der Waals surface area contributed by atoms with Crippen LogP contribution in [0, 0.1) is 0 Å². The maximum Gasteiger partial charge on any atom is 0.0965 e. The van der Waals surface area contributed by atoms with Gasteiger partial charge in [-0.15, -0.1) is 11.3 Å². The average Bonchev–Trinajstić information content (AvgIpc) is 3.12. The second-order valence-corrected chi connectivity index (χ2v) is 6.76. The number of thiophene rings is 1. The van der Waals surface area contributed by atoms with Gasteiger partial charge in [0.05, 0.1) is 16.3 Å². The molecule has 4 heteroatoms. The van der Waals surface area contributed by atoms with Crippen LogP contribution < -0.4 is 0 Å². The first-order valence-electron chi connectivity index (χ1n) is 7.10. The molecule has 2 heterocycles. The molecule has 1 aliphatic rings. The van der Waals surface area contributed by atoms with Crippen LogP contribution in [-0.4, -0.2) is 29.2 Å². The number of nitrogens with zero attached hydrogens (tertiary/aromatic N) is 2. The minimum Gasteiger partial charge on any atom is -0.305 e. The lowest BCUT2D eigenvalue weighted by Gasteiger charge is -2.10. The van der Waals surface area contributed by atoms with E-state index < -0.39 is 0 Å². The normalized spacial score (nSPS) is 12.7. The molecule has 4 rings (SSSR count). The van der Waals surface area contributed by atoms with E-state index in [2.05, 4.69) is 64.9 Å². The van der Waals surface area contributed by atoms with Gasteiger partial charge >= 0.3 is 0 Å². The predicted octanol–water partition coefficient (Wildman–Crippen LogP) is 3.77. The van der Waals surface area contributed by atoms with E-state index >= 15 is 0 Å². The molecule has 1 N–H and O–H groups in total. The van der Waals surface area contributed by atoms with Crippen LogP contribution in [-0.2, 0) is 13.0 Å². The first-order chi connectivity index (χ1) is 10.2. The smallest absolute Gasteiger partial charge is 0.0965 e. The van der Waals surface area contributed by atoms with E-state index in [1.165, 1.54) is 32.8 Å². The zero-order chi connectivity index (χ0) is 14.4. The molecular formula is C17H17N3S. The number of aromatic amines is 1. The van der Waals surface area contributed by atoms with Crippen LogP contribution >= 0.6 is 11.3 Å². The summed E-state index contributed by atoms with van der Waals surface area (Å²) in [7, 11) is 4.21. The Hall–Kier alpha value is -1.91. The van der Waals surface area contributed by atoms with E-state index in [0.717, 1.165) is 18.7 Å². The molecule has 0 saturated heterocycles. The minimum atomic E-state index is 0.981. The Bertz CT molecular complexity index is 784. The summed E-state index contributed by atoms with van der Waals surface area (Å²) in [6, 6.07) is 11.0. The first kappa shape index (κ1) is 12.8. The fourth-order valence-corrected chi connectivity index (χ4v) is 3.81. The molecule has 3 nitrogen and oxygen atoms in total. The molecule has 0 radical (unpaired) electrons. The number of nitrogens with one attached hydrogen (secondary N) is 1. The van der Waals surface area contributed by atoms with Gasteiger partial charge < -0.3 is 4.90 Å². The van der Waals surface area contributed by atoms with Gasteiger partial charge in [-0.3, -0.25) is 5.10 Å². The van der Waals surface area contributed by atoms with E-state index in [1.54, 1.807) is 11.3 Å². The largest absolute Gasteiger partial charge is 0.305 e. The Balaban J connectivity index is 1.74. The van der Waals surface area contributed by atoms with Gasteiger partial charge in [0.1, 0.15) is 0 Å². The maximum absolute atomic E-state index is 4.56. The lowest BCUT2D eigenvalue weighted by atomic mass is 10.1. The van der Waals surface area contributed by atoms with Gasteiger partial charge in [0.2, 0.25) is 0 Å². The molecule has 0 unspecified atom stereocenters. The van der Waals surface area contributed by atoms with Crippen molar-refractivity contribution in [3.63, 3.8) is 0 Å². The van der Waals surface area contributed by atoms with Gasteiger partial charge in [0, 0.05) is 24.1 Å². The zero-order valence-electron chi connectivity index (χ0n) is 12.2. The van der Waals surface area contributed by atoms with Crippen LogP contribution in [0.15, 0.2) is 35.7 Å². The molecule has 1 aliphatic carbocycles. The molecule has 0 bridgehead atoms. The number of rotatable bonds is 3. The van der Waals surface area contributed by atoms with Crippen molar-refractivity contribution in [2.45, 2.75) is 13.0 Å². The molecule has 0 aliphatic heterocycles. The molecular weight excluding hydrogens is 278 g/mol. The zero-order valence-corrected chi connectivity index (χ0v) is 13.0. The fourth-order valence-electron chi connectivity index (χ4n) is 3.06. The summed E-state index contributed by atoms with van der Waals surface area (Å²) in [6.07, 6.45) is 0.982. The van der Waals surface area contributed by atoms with Crippen LogP contribution in [0.4, 0.5) is 0 Å². The Morgan fingerprint density at radius 2 is 2.19 bits per heavy atom. The quantitative estimate of drug-likeness (QED) is 0.624. The molecule has 0 amide bonds. The van der Waals surface area contributed by atoms with Gasteiger partial charge in [-0.05, 0) is 36.7 Å². The highest BCUT2D eigenvalue weighted by Gasteiger charge is 2.25. The third-order valence-electron chi connectivity index (χ3n) is 3.93. The number of aromatic nitrogens is 2. The number of fused-ring (bicyclic) bond motifs is 3. The summed E-state index contributed by atoms with van der Waals surface area (Å²) in [4.78, 5) is 3.47. The summed E-state index contributed by atoms with van der Waals surface area (Å²) in [5, 5.41) is 9.89. The molecule has 0 fully saturated rings. The van der Waals surface area contributed by atoms with Crippen LogP contribution in [0.1, 0.15) is 16.7 Å². The van der Waals surface area contributed by atoms with Crippen LogP contribution in [0.3, 0.4) is 0 Å². The Labute approximate surface area is 128 Å². The highest BCUT2D eigenvalue weighted by atomic mass is 32.1. The molecule has 2 aromatic heterocycles. The monoisotopic (exact) mass is 295 g/mol. The fraction of sp³-hybridized carbons (Fsp3) is 0.235. The Morgan fingerprint density at radius 3 is 2.95 bits per heavy atom. The number of hydrogen-bond acceptors (Lipinski definition) is 3. The summed E-state index contributed by atoms with van der Waals surface area (Å²) >= 11 is 1.76. The van der Waals surface area contributed by atoms with Crippen molar-refractivity contribution >= 4 is 11.3 Å². The average molecular weight is 295 g/mol. The summed E-state index contributed by atoms with van der Waals surface area (Å²) in [5.74, 6) is 0. The lowest BCUT2D eigenvalue weighted by molar-refractivity contribution is 0.402. The van der Waals surface area contributed by atoms with E-state index in [4.69, 9.17) is 0 Å². The minimum absolute atomic E-state index is 0.981. The standard InChI is InChI=1S/C17H17N3S/c1-20(2)10-11-5-6-13-12(8-11)9-14-16(13)18-19-17(14)15-4-3-7-21-15/h3-8H,9-10H2,1-2H3,(H,18,19). The second kappa shape index (κ2) is 4.83. The van der Waals surface area contributed by atoms with E-state index in [9.17, 15) is 0 Å². The molecule has 21 heavy (non-hydrogen) atoms. The molecule has 1 aromatic carbocycles. The number of H-pyrrole nitrogens is 1. The third-order valence-corrected chi connectivity index (χ3v) is 4.81. The summed E-state index contributed by atoms with van der Waals surface area (Å²) < 4.78 is 0. The van der Waals surface area contributed by atoms with Crippen molar-refractivity contribution < 1.29 is 0 Å². The van der Waals surface area contributed by atoms with Crippen LogP contribution in [0.25, 0.3) is 21.8 Å². The van der Waals surface area contributed by atoms with Crippen LogP contribution in [0.5, 0.6) is 0 Å². The number of benzene rings is 1. The maximum atomic E-state index is 4.56. The van der Waals surface area contributed by atoms with E-state index in [0.29, 0.717) is 0 Å². The highest BCUT2D eigenvalue weighted by molar-refractivity contribution is 7.13. The van der Waals surface area contributed by atoms with Crippen molar-refractivity contribution in [2.24, 2.45) is 0 Å². The van der Waals surface area contributed by atoms with Crippen LogP contribution in [0.2, 0.25) is 0 Å². The SMILES string of the molecule is CN(C)Cc1ccc2c(c1)Cc1c-2n[nH]c1-c1cccs1. The highest BCUT2D eigenvalue weighted by Crippen LogP contribution is 2.41. The molecule has 0 atom stereocenters. The van der Waals surface area contributed by atoms with Gasteiger partial charge in [-0.2, -0.15) is 5.10 Å². The van der Waals surface area contributed by atoms with Gasteiger partial charge in [0.15, 0.2) is 0 Å². The molecule has 3 aromatic rings. The summed E-state index contributed by atoms with van der Waals surface area (Å²) in [6.45, 7) is 0.981. The summed E-state index contributed by atoms with van der Waals surface area (Å²) in [5.41, 5.74) is 7.71. The van der Waals surface area contributed by atoms with Gasteiger partial charge in [-0.1, -0.05) is 24.3 Å². The van der Waals surface area contributed by atoms with Crippen molar-refractivity contribution in [1.82, 2.24) is 15.1 Å². The molecule has 0 saturated carbocycles. The third kappa shape index (κ3) is 2.11. The van der Waals surface area contributed by atoms with Gasteiger partial charge in [-0.25, -0.2) is 0 Å². The van der Waals surface area contributed by atoms with Crippen molar-refractivity contribution in [1.29, 1.82) is 0 Å². The second-order valence-electron chi connectivity index (χ2n) is 5.81. The van der Waals surface area contributed by atoms with Gasteiger partial charge in [0.25, 0.3) is 0 Å². The van der Waals surface area contributed by atoms with Crippen molar-refractivity contribution in [3.8, 4) is 21.8 Å². The molecule has 0 spiro atoms. The molecule has 106 valence electrons. The lowest BCUT2D eigenvalue weighted by Crippen LogP contribution is -2.10. The first-order valence-corrected chi connectivity index (χ1v) is 7.98. The predicted molar refractivity (Wildman–Crippen MR) is 87.5 cm³/mol. The van der Waals surface area contributed by atoms with E-state index in [1.807, 2.05) is 0 Å².